The number of rotatable bonds is 4. The number of ether oxygens (including phenoxy) is 3. The van der Waals surface area contributed by atoms with Crippen LogP contribution in [0.1, 0.15) is 20.3 Å². The second-order valence-corrected chi connectivity index (χ2v) is 8.74. The summed E-state index contributed by atoms with van der Waals surface area (Å²) in [6.07, 6.45) is 3.45. The molecule has 2 aliphatic rings. The standard InChI is InChI=1S/C27H34N6O5/c1-5-25-29-17-30-33-20-8-11-23(36-4)24(15-20)37-13-12-28-27(35)22(14-18(2)3)32-26(34)16-38-21-9-6-19(31-25)7-10-21/h5-11,15,17-18,22,33H,1,12-14,16H2,2-4H3,(H,28,35)(H,32,34)(H,29,30,31). The van der Waals surface area contributed by atoms with E-state index in [9.17, 15) is 9.59 Å². The van der Waals surface area contributed by atoms with Crippen LogP contribution in [0.25, 0.3) is 0 Å². The quantitative estimate of drug-likeness (QED) is 0.454. The molecule has 2 amide bonds. The SMILES string of the molecule is C=CC1=Nc2ccc(cc2)OCC(=O)NC(CC(C)C)C(=O)NCCOc2cc(ccc2OC)NNC=N1. The highest BCUT2D eigenvalue weighted by molar-refractivity contribution is 5.99. The minimum atomic E-state index is -0.699. The molecule has 0 radical (unpaired) electrons. The maximum absolute atomic E-state index is 12.8. The van der Waals surface area contributed by atoms with Gasteiger partial charge in [-0.15, -0.1) is 0 Å². The van der Waals surface area contributed by atoms with Gasteiger partial charge in [0, 0.05) is 6.07 Å². The molecule has 11 nitrogen and oxygen atoms in total. The molecule has 1 unspecified atom stereocenters. The van der Waals surface area contributed by atoms with Crippen LogP contribution in [0.15, 0.2) is 65.1 Å². The van der Waals surface area contributed by atoms with Crippen LogP contribution in [0.4, 0.5) is 11.4 Å². The first-order valence-corrected chi connectivity index (χ1v) is 12.2. The Hall–Kier alpha value is -4.54. The summed E-state index contributed by atoms with van der Waals surface area (Å²) in [6.45, 7) is 7.92. The van der Waals surface area contributed by atoms with E-state index in [1.807, 2.05) is 13.8 Å². The van der Waals surface area contributed by atoms with E-state index in [4.69, 9.17) is 14.2 Å². The van der Waals surface area contributed by atoms with Crippen LogP contribution in [0.3, 0.4) is 0 Å². The van der Waals surface area contributed by atoms with Crippen LogP contribution in [0.2, 0.25) is 0 Å². The summed E-state index contributed by atoms with van der Waals surface area (Å²) in [7, 11) is 1.55. The number of carbonyl (C=O) groups excluding carboxylic acids is 2. The smallest absolute Gasteiger partial charge is 0.258 e. The highest BCUT2D eigenvalue weighted by atomic mass is 16.5. The number of anilines is 1. The molecule has 4 bridgehead atoms. The Bertz CT molecular complexity index is 1160. The van der Waals surface area contributed by atoms with Crippen molar-refractivity contribution in [3.8, 4) is 17.2 Å². The normalized spacial score (nSPS) is 17.1. The van der Waals surface area contributed by atoms with Crippen molar-refractivity contribution in [1.82, 2.24) is 16.1 Å². The van der Waals surface area contributed by atoms with E-state index in [0.717, 1.165) is 0 Å². The number of benzene rings is 2. The number of fused-ring (bicyclic) bond motifs is 14. The van der Waals surface area contributed by atoms with Gasteiger partial charge in [-0.3, -0.25) is 20.4 Å². The van der Waals surface area contributed by atoms with Crippen LogP contribution < -0.4 is 35.7 Å². The van der Waals surface area contributed by atoms with E-state index in [1.165, 1.54) is 12.4 Å². The Morgan fingerprint density at radius 2 is 1.95 bits per heavy atom. The summed E-state index contributed by atoms with van der Waals surface area (Å²) < 4.78 is 16.8. The Kier molecular flexibility index (Phi) is 10.5. The van der Waals surface area contributed by atoms with Crippen molar-refractivity contribution in [2.24, 2.45) is 15.9 Å². The van der Waals surface area contributed by atoms with Crippen LogP contribution in [-0.4, -0.2) is 56.9 Å². The third-order valence-electron chi connectivity index (χ3n) is 5.29. The second kappa shape index (κ2) is 14.3. The Morgan fingerprint density at radius 3 is 2.66 bits per heavy atom. The number of aliphatic imine (C=N–C) groups is 2. The molecule has 202 valence electrons. The van der Waals surface area contributed by atoms with Gasteiger partial charge in [-0.05, 0) is 54.8 Å². The number of nitrogens with one attached hydrogen (secondary N) is 4. The highest BCUT2D eigenvalue weighted by Crippen LogP contribution is 2.29. The fourth-order valence-corrected chi connectivity index (χ4v) is 3.50. The summed E-state index contributed by atoms with van der Waals surface area (Å²) in [5, 5.41) is 5.60. The summed E-state index contributed by atoms with van der Waals surface area (Å²) in [4.78, 5) is 34.1. The molecule has 38 heavy (non-hydrogen) atoms. The third kappa shape index (κ3) is 8.84. The van der Waals surface area contributed by atoms with E-state index in [2.05, 4.69) is 38.0 Å². The van der Waals surface area contributed by atoms with Crippen molar-refractivity contribution >= 4 is 35.4 Å². The number of methoxy groups -OCH3 is 1. The van der Waals surface area contributed by atoms with Gasteiger partial charge in [-0.25, -0.2) is 9.98 Å². The first kappa shape index (κ1) is 28.0. The van der Waals surface area contributed by atoms with Crippen molar-refractivity contribution in [3.63, 3.8) is 0 Å². The van der Waals surface area contributed by atoms with E-state index >= 15 is 0 Å². The number of amidine groups is 1. The number of carbonyl (C=O) groups is 2. The van der Waals surface area contributed by atoms with Crippen molar-refractivity contribution in [2.45, 2.75) is 26.3 Å². The first-order chi connectivity index (χ1) is 18.4. The number of amides is 2. The summed E-state index contributed by atoms with van der Waals surface area (Å²) in [5.74, 6) is 1.41. The number of hydrazine groups is 1. The third-order valence-corrected chi connectivity index (χ3v) is 5.29. The van der Waals surface area contributed by atoms with Crippen molar-refractivity contribution in [1.29, 1.82) is 0 Å². The Balaban J connectivity index is 1.82. The van der Waals surface area contributed by atoms with Gasteiger partial charge in [-0.1, -0.05) is 20.4 Å². The zero-order valence-electron chi connectivity index (χ0n) is 21.8. The van der Waals surface area contributed by atoms with Crippen molar-refractivity contribution in [3.05, 3.63) is 55.1 Å². The van der Waals surface area contributed by atoms with Gasteiger partial charge in [0.25, 0.3) is 5.91 Å². The molecule has 2 aliphatic heterocycles. The Morgan fingerprint density at radius 1 is 1.16 bits per heavy atom. The van der Waals surface area contributed by atoms with E-state index in [1.54, 1.807) is 49.6 Å². The summed E-state index contributed by atoms with van der Waals surface area (Å²) in [5.41, 5.74) is 7.21. The van der Waals surface area contributed by atoms with Crippen molar-refractivity contribution in [2.75, 3.05) is 32.3 Å². The molecular formula is C27H34N6O5. The lowest BCUT2D eigenvalue weighted by Crippen LogP contribution is -2.49. The molecule has 2 heterocycles. The molecule has 0 aromatic heterocycles. The van der Waals surface area contributed by atoms with Crippen LogP contribution in [0.5, 0.6) is 17.2 Å². The number of nitrogens with zero attached hydrogens (tertiary/aromatic N) is 2. The molecule has 0 spiro atoms. The van der Waals surface area contributed by atoms with E-state index in [0.29, 0.717) is 40.9 Å². The molecular weight excluding hydrogens is 488 g/mol. The molecule has 11 heteroatoms. The predicted octanol–water partition coefficient (Wildman–Crippen LogP) is 2.97. The molecule has 0 fully saturated rings. The zero-order valence-corrected chi connectivity index (χ0v) is 21.8. The number of hydrogen-bond acceptors (Lipinski definition) is 9. The highest BCUT2D eigenvalue weighted by Gasteiger charge is 2.22. The zero-order chi connectivity index (χ0) is 27.3. The first-order valence-electron chi connectivity index (χ1n) is 12.2. The van der Waals surface area contributed by atoms with E-state index in [-0.39, 0.29) is 31.6 Å². The molecule has 2 aromatic rings. The average molecular weight is 523 g/mol. The number of hydrogen-bond donors (Lipinski definition) is 4. The van der Waals surface area contributed by atoms with Gasteiger partial charge < -0.3 is 24.8 Å². The average Bonchev–Trinajstić information content (AvgIpc) is 2.91. The van der Waals surface area contributed by atoms with Gasteiger partial charge in [0.2, 0.25) is 5.91 Å². The van der Waals surface area contributed by atoms with Crippen LogP contribution in [0, 0.1) is 5.92 Å². The molecule has 2 aromatic carbocycles. The van der Waals surface area contributed by atoms with Gasteiger partial charge in [0.1, 0.15) is 24.7 Å². The monoisotopic (exact) mass is 522 g/mol. The minimum absolute atomic E-state index is 0.191. The lowest BCUT2D eigenvalue weighted by atomic mass is 10.0. The van der Waals surface area contributed by atoms with Gasteiger partial charge >= 0.3 is 0 Å². The fraction of sp³-hybridized carbons (Fsp3) is 0.333. The maximum atomic E-state index is 12.8. The van der Waals surface area contributed by atoms with Gasteiger partial charge in [0.15, 0.2) is 23.9 Å². The second-order valence-electron chi connectivity index (χ2n) is 8.74. The summed E-state index contributed by atoms with van der Waals surface area (Å²) >= 11 is 0. The molecule has 0 saturated heterocycles. The van der Waals surface area contributed by atoms with Gasteiger partial charge in [0.05, 0.1) is 25.0 Å². The van der Waals surface area contributed by atoms with Gasteiger partial charge in [-0.2, -0.15) is 0 Å². The maximum Gasteiger partial charge on any atom is 0.258 e. The van der Waals surface area contributed by atoms with Crippen molar-refractivity contribution < 1.29 is 23.8 Å². The molecule has 0 aliphatic carbocycles. The lowest BCUT2D eigenvalue weighted by molar-refractivity contribution is -0.130. The molecule has 4 rings (SSSR count). The molecule has 1 atom stereocenters. The minimum Gasteiger partial charge on any atom is -0.493 e. The lowest BCUT2D eigenvalue weighted by Gasteiger charge is -2.20. The molecule has 0 saturated carbocycles. The van der Waals surface area contributed by atoms with E-state index < -0.39 is 11.9 Å². The molecule has 4 N–H and O–H groups in total. The predicted molar refractivity (Wildman–Crippen MR) is 147 cm³/mol. The topological polar surface area (TPSA) is 135 Å². The summed E-state index contributed by atoms with van der Waals surface area (Å²) in [6, 6.07) is 11.5. The largest absolute Gasteiger partial charge is 0.493 e. The van der Waals surface area contributed by atoms with Crippen LogP contribution >= 0.6 is 0 Å². The fourth-order valence-electron chi connectivity index (χ4n) is 3.50. The van der Waals surface area contributed by atoms with Crippen LogP contribution in [-0.2, 0) is 9.59 Å². The Labute approximate surface area is 222 Å².